The van der Waals surface area contributed by atoms with E-state index in [1.165, 1.54) is 7.11 Å². The van der Waals surface area contributed by atoms with E-state index in [0.29, 0.717) is 5.56 Å². The quantitative estimate of drug-likeness (QED) is 0.503. The number of benzene rings is 1. The molecule has 90 valence electrons. The summed E-state index contributed by atoms with van der Waals surface area (Å²) in [4.78, 5) is 22.3. The molecule has 7 heteroatoms. The number of ether oxygens (including phenoxy) is 1. The fraction of sp³-hybridized carbons (Fsp3) is 0.100. The lowest BCUT2D eigenvalue weighted by Crippen LogP contribution is -2.48. The number of methoxy groups -OCH3 is 1. The van der Waals surface area contributed by atoms with Gasteiger partial charge in [0, 0.05) is 5.56 Å². The number of nitrogens with one attached hydrogen (secondary N) is 3. The minimum absolute atomic E-state index is 0.0238. The highest BCUT2D eigenvalue weighted by atomic mass is 32.1. The Bertz CT molecular complexity index is 422. The Morgan fingerprint density at radius 1 is 1.18 bits per heavy atom. The van der Waals surface area contributed by atoms with E-state index in [9.17, 15) is 9.59 Å². The van der Waals surface area contributed by atoms with Gasteiger partial charge in [-0.3, -0.25) is 15.5 Å². The van der Waals surface area contributed by atoms with E-state index >= 15 is 0 Å². The number of amides is 2. The molecule has 6 nitrogen and oxygen atoms in total. The number of hydrogen-bond acceptors (Lipinski definition) is 4. The highest BCUT2D eigenvalue weighted by Gasteiger charge is 2.07. The lowest BCUT2D eigenvalue weighted by molar-refractivity contribution is 0.0975. The van der Waals surface area contributed by atoms with Crippen LogP contribution in [-0.2, 0) is 4.74 Å². The molecule has 0 fully saturated rings. The molecule has 0 saturated carbocycles. The average Bonchev–Trinajstić information content (AvgIpc) is 2.36. The highest BCUT2D eigenvalue weighted by molar-refractivity contribution is 7.80. The van der Waals surface area contributed by atoms with Crippen LogP contribution >= 0.6 is 12.2 Å². The Kier molecular flexibility index (Phi) is 4.89. The molecular formula is C10H11N3O3S. The first-order valence-corrected chi connectivity index (χ1v) is 5.04. The SMILES string of the molecule is COC(=O)NNC(=S)NC(=O)c1ccccc1. The second kappa shape index (κ2) is 6.44. The second-order valence-electron chi connectivity index (χ2n) is 2.89. The molecule has 0 aliphatic carbocycles. The van der Waals surface area contributed by atoms with Gasteiger partial charge in [0.2, 0.25) is 0 Å². The summed E-state index contributed by atoms with van der Waals surface area (Å²) < 4.78 is 4.31. The summed E-state index contributed by atoms with van der Waals surface area (Å²) in [6.45, 7) is 0. The van der Waals surface area contributed by atoms with Gasteiger partial charge in [-0.05, 0) is 24.4 Å². The zero-order chi connectivity index (χ0) is 12.7. The number of hydrogen-bond donors (Lipinski definition) is 3. The van der Waals surface area contributed by atoms with Crippen LogP contribution in [0.1, 0.15) is 10.4 Å². The van der Waals surface area contributed by atoms with Crippen LogP contribution < -0.4 is 16.2 Å². The van der Waals surface area contributed by atoms with E-state index in [-0.39, 0.29) is 11.0 Å². The zero-order valence-electron chi connectivity index (χ0n) is 9.02. The average molecular weight is 253 g/mol. The summed E-state index contributed by atoms with van der Waals surface area (Å²) in [6.07, 6.45) is -0.707. The van der Waals surface area contributed by atoms with Gasteiger partial charge in [0.1, 0.15) is 0 Å². The van der Waals surface area contributed by atoms with Gasteiger partial charge in [-0.2, -0.15) is 0 Å². The molecule has 0 aromatic heterocycles. The molecule has 1 aromatic rings. The molecule has 0 aliphatic rings. The molecule has 0 radical (unpaired) electrons. The molecular weight excluding hydrogens is 242 g/mol. The van der Waals surface area contributed by atoms with E-state index in [0.717, 1.165) is 0 Å². The molecule has 0 bridgehead atoms. The van der Waals surface area contributed by atoms with Gasteiger partial charge in [0.05, 0.1) is 7.11 Å². The molecule has 1 aromatic carbocycles. The Morgan fingerprint density at radius 3 is 2.41 bits per heavy atom. The van der Waals surface area contributed by atoms with E-state index in [1.54, 1.807) is 30.3 Å². The standard InChI is InChI=1S/C10H11N3O3S/c1-16-10(15)13-12-9(17)11-8(14)7-5-3-2-4-6-7/h2-6H,1H3,(H,13,15)(H2,11,12,14,17). The van der Waals surface area contributed by atoms with Crippen molar-refractivity contribution in [2.45, 2.75) is 0 Å². The number of hydrazine groups is 1. The van der Waals surface area contributed by atoms with Gasteiger partial charge in [-0.25, -0.2) is 10.2 Å². The first kappa shape index (κ1) is 12.9. The third-order valence-corrected chi connectivity index (χ3v) is 1.93. The normalized spacial score (nSPS) is 9.00. The van der Waals surface area contributed by atoms with Crippen LogP contribution in [0.4, 0.5) is 4.79 Å². The minimum atomic E-state index is -0.707. The van der Waals surface area contributed by atoms with Gasteiger partial charge in [0.25, 0.3) is 5.91 Å². The number of carbonyl (C=O) groups excluding carboxylic acids is 2. The van der Waals surface area contributed by atoms with Crippen LogP contribution in [0.15, 0.2) is 30.3 Å². The fourth-order valence-corrected chi connectivity index (χ4v) is 1.10. The monoisotopic (exact) mass is 253 g/mol. The lowest BCUT2D eigenvalue weighted by Gasteiger charge is -2.09. The Hall–Kier alpha value is -2.15. The van der Waals surface area contributed by atoms with Crippen molar-refractivity contribution >= 4 is 29.3 Å². The van der Waals surface area contributed by atoms with Crippen LogP contribution in [0.3, 0.4) is 0 Å². The minimum Gasteiger partial charge on any atom is -0.452 e. The van der Waals surface area contributed by atoms with Crippen LogP contribution in [0, 0.1) is 0 Å². The molecule has 3 N–H and O–H groups in total. The van der Waals surface area contributed by atoms with Crippen molar-refractivity contribution in [1.82, 2.24) is 16.2 Å². The summed E-state index contributed by atoms with van der Waals surface area (Å²) >= 11 is 4.78. The smallest absolute Gasteiger partial charge is 0.425 e. The predicted molar refractivity (Wildman–Crippen MR) is 65.2 cm³/mol. The molecule has 17 heavy (non-hydrogen) atoms. The molecule has 0 heterocycles. The van der Waals surface area contributed by atoms with Gasteiger partial charge in [-0.15, -0.1) is 0 Å². The van der Waals surface area contributed by atoms with Crippen molar-refractivity contribution in [1.29, 1.82) is 0 Å². The van der Waals surface area contributed by atoms with Gasteiger partial charge in [0.15, 0.2) is 5.11 Å². The lowest BCUT2D eigenvalue weighted by atomic mass is 10.2. The number of rotatable bonds is 1. The summed E-state index contributed by atoms with van der Waals surface area (Å²) in [5, 5.41) is 2.36. The highest BCUT2D eigenvalue weighted by Crippen LogP contribution is 1.97. The fourth-order valence-electron chi connectivity index (χ4n) is 0.955. The third kappa shape index (κ3) is 4.47. The summed E-state index contributed by atoms with van der Waals surface area (Å²) in [5.74, 6) is -0.366. The van der Waals surface area contributed by atoms with Gasteiger partial charge >= 0.3 is 6.09 Å². The third-order valence-electron chi connectivity index (χ3n) is 1.73. The van der Waals surface area contributed by atoms with Crippen LogP contribution in [0.5, 0.6) is 0 Å². The Morgan fingerprint density at radius 2 is 1.82 bits per heavy atom. The van der Waals surface area contributed by atoms with Crippen LogP contribution in [0.2, 0.25) is 0 Å². The van der Waals surface area contributed by atoms with Crippen molar-refractivity contribution < 1.29 is 14.3 Å². The maximum Gasteiger partial charge on any atom is 0.425 e. The van der Waals surface area contributed by atoms with Crippen molar-refractivity contribution in [2.75, 3.05) is 7.11 Å². The number of carbonyl (C=O) groups is 2. The molecule has 0 atom stereocenters. The molecule has 1 rings (SSSR count). The van der Waals surface area contributed by atoms with Crippen molar-refractivity contribution in [3.63, 3.8) is 0 Å². The summed E-state index contributed by atoms with van der Waals surface area (Å²) in [6, 6.07) is 8.56. The number of thiocarbonyl (C=S) groups is 1. The largest absolute Gasteiger partial charge is 0.452 e. The molecule has 0 unspecified atom stereocenters. The predicted octanol–water partition coefficient (Wildman–Crippen LogP) is 0.562. The molecule has 0 aliphatic heterocycles. The first-order chi connectivity index (χ1) is 8.13. The van der Waals surface area contributed by atoms with E-state index < -0.39 is 6.09 Å². The molecule has 0 spiro atoms. The maximum absolute atomic E-state index is 11.6. The summed E-state index contributed by atoms with van der Waals surface area (Å²) in [5.41, 5.74) is 4.90. The van der Waals surface area contributed by atoms with Crippen LogP contribution in [0.25, 0.3) is 0 Å². The molecule has 2 amide bonds. The Balaban J connectivity index is 2.42. The van der Waals surface area contributed by atoms with E-state index in [4.69, 9.17) is 12.2 Å². The topological polar surface area (TPSA) is 79.5 Å². The van der Waals surface area contributed by atoms with E-state index in [1.807, 2.05) is 0 Å². The van der Waals surface area contributed by atoms with Crippen molar-refractivity contribution in [3.05, 3.63) is 35.9 Å². The van der Waals surface area contributed by atoms with Crippen molar-refractivity contribution in [2.24, 2.45) is 0 Å². The van der Waals surface area contributed by atoms with Gasteiger partial charge < -0.3 is 4.74 Å². The van der Waals surface area contributed by atoms with Crippen molar-refractivity contribution in [3.8, 4) is 0 Å². The maximum atomic E-state index is 11.6. The zero-order valence-corrected chi connectivity index (χ0v) is 9.84. The molecule has 0 saturated heterocycles. The van der Waals surface area contributed by atoms with Gasteiger partial charge in [-0.1, -0.05) is 18.2 Å². The van der Waals surface area contributed by atoms with Crippen LogP contribution in [-0.4, -0.2) is 24.2 Å². The summed E-state index contributed by atoms with van der Waals surface area (Å²) in [7, 11) is 1.21. The first-order valence-electron chi connectivity index (χ1n) is 4.64. The Labute approximate surface area is 103 Å². The second-order valence-corrected chi connectivity index (χ2v) is 3.30. The van der Waals surface area contributed by atoms with E-state index in [2.05, 4.69) is 20.9 Å².